The Hall–Kier alpha value is -3.80. The minimum Gasteiger partial charge on any atom is -0.322 e. The SMILES string of the molecule is CCc1ccccc1NC(=O)c1ccnc(C(=O)Nc2ccc(C(C)=O)cc2)c1. The van der Waals surface area contributed by atoms with Crippen LogP contribution in [0.4, 0.5) is 11.4 Å². The number of aryl methyl sites for hydroxylation is 1. The van der Waals surface area contributed by atoms with E-state index in [4.69, 9.17) is 0 Å². The van der Waals surface area contributed by atoms with Crippen molar-refractivity contribution in [2.24, 2.45) is 0 Å². The Bertz CT molecular complexity index is 1060. The second-order valence-electron chi connectivity index (χ2n) is 6.48. The van der Waals surface area contributed by atoms with Gasteiger partial charge in [-0.2, -0.15) is 0 Å². The van der Waals surface area contributed by atoms with Gasteiger partial charge in [0, 0.05) is 28.7 Å². The molecule has 0 atom stereocenters. The number of nitrogens with one attached hydrogen (secondary N) is 2. The molecular weight excluding hydrogens is 366 g/mol. The van der Waals surface area contributed by atoms with Gasteiger partial charge in [-0.3, -0.25) is 19.4 Å². The average Bonchev–Trinajstić information content (AvgIpc) is 2.74. The monoisotopic (exact) mass is 387 g/mol. The van der Waals surface area contributed by atoms with Crippen molar-refractivity contribution in [2.75, 3.05) is 10.6 Å². The lowest BCUT2D eigenvalue weighted by Gasteiger charge is -2.10. The number of pyridine rings is 1. The van der Waals surface area contributed by atoms with E-state index in [1.54, 1.807) is 30.3 Å². The van der Waals surface area contributed by atoms with Gasteiger partial charge in [-0.15, -0.1) is 0 Å². The van der Waals surface area contributed by atoms with E-state index in [1.807, 2.05) is 31.2 Å². The summed E-state index contributed by atoms with van der Waals surface area (Å²) in [7, 11) is 0. The minimum atomic E-state index is -0.441. The summed E-state index contributed by atoms with van der Waals surface area (Å²) in [6, 6.07) is 17.2. The zero-order valence-corrected chi connectivity index (χ0v) is 16.2. The Morgan fingerprint density at radius 3 is 2.28 bits per heavy atom. The van der Waals surface area contributed by atoms with Gasteiger partial charge in [0.05, 0.1) is 0 Å². The molecule has 0 fully saturated rings. The normalized spacial score (nSPS) is 10.3. The molecule has 1 heterocycles. The van der Waals surface area contributed by atoms with E-state index in [9.17, 15) is 14.4 Å². The zero-order valence-electron chi connectivity index (χ0n) is 16.2. The molecule has 3 aromatic rings. The van der Waals surface area contributed by atoms with Crippen LogP contribution in [-0.2, 0) is 6.42 Å². The third kappa shape index (κ3) is 4.93. The molecule has 0 saturated heterocycles. The number of ketones is 1. The first-order valence-corrected chi connectivity index (χ1v) is 9.25. The number of rotatable bonds is 6. The highest BCUT2D eigenvalue weighted by molar-refractivity contribution is 6.08. The number of hydrogen-bond donors (Lipinski definition) is 2. The smallest absolute Gasteiger partial charge is 0.274 e. The summed E-state index contributed by atoms with van der Waals surface area (Å²) < 4.78 is 0. The maximum Gasteiger partial charge on any atom is 0.274 e. The molecule has 3 rings (SSSR count). The van der Waals surface area contributed by atoms with Gasteiger partial charge < -0.3 is 10.6 Å². The Morgan fingerprint density at radius 2 is 1.59 bits per heavy atom. The first kappa shape index (κ1) is 19.9. The van der Waals surface area contributed by atoms with E-state index < -0.39 is 5.91 Å². The standard InChI is InChI=1S/C23H21N3O3/c1-3-16-6-4-5-7-20(16)26-22(28)18-12-13-24-21(14-18)23(29)25-19-10-8-17(9-11-19)15(2)27/h4-14H,3H2,1-2H3,(H,25,29)(H,26,28). The van der Waals surface area contributed by atoms with E-state index in [1.165, 1.54) is 19.2 Å². The van der Waals surface area contributed by atoms with Crippen molar-refractivity contribution in [1.29, 1.82) is 0 Å². The van der Waals surface area contributed by atoms with Crippen LogP contribution in [0.3, 0.4) is 0 Å². The molecule has 6 heteroatoms. The van der Waals surface area contributed by atoms with Crippen LogP contribution >= 0.6 is 0 Å². The molecule has 0 unspecified atom stereocenters. The number of hydrogen-bond acceptors (Lipinski definition) is 4. The lowest BCUT2D eigenvalue weighted by Crippen LogP contribution is -2.17. The predicted octanol–water partition coefficient (Wildman–Crippen LogP) is 4.35. The third-order valence-corrected chi connectivity index (χ3v) is 4.45. The van der Waals surface area contributed by atoms with E-state index in [0.717, 1.165) is 17.7 Å². The first-order chi connectivity index (χ1) is 14.0. The number of nitrogens with zero attached hydrogens (tertiary/aromatic N) is 1. The largest absolute Gasteiger partial charge is 0.322 e. The Balaban J connectivity index is 1.73. The summed E-state index contributed by atoms with van der Waals surface area (Å²) in [5, 5.41) is 5.59. The van der Waals surface area contributed by atoms with Crippen LogP contribution in [-0.4, -0.2) is 22.6 Å². The number of anilines is 2. The van der Waals surface area contributed by atoms with Crippen molar-refractivity contribution < 1.29 is 14.4 Å². The lowest BCUT2D eigenvalue weighted by atomic mass is 10.1. The molecule has 0 saturated carbocycles. The summed E-state index contributed by atoms with van der Waals surface area (Å²) in [6.07, 6.45) is 2.22. The highest BCUT2D eigenvalue weighted by atomic mass is 16.2. The van der Waals surface area contributed by atoms with Gasteiger partial charge in [0.1, 0.15) is 5.69 Å². The van der Waals surface area contributed by atoms with Crippen LogP contribution in [0, 0.1) is 0 Å². The number of benzene rings is 2. The molecule has 0 aliphatic rings. The number of Topliss-reactive ketones (excluding diaryl/α,β-unsaturated/α-hetero) is 1. The van der Waals surface area contributed by atoms with Crippen molar-refractivity contribution in [3.63, 3.8) is 0 Å². The van der Waals surface area contributed by atoms with Crippen LogP contribution in [0.5, 0.6) is 0 Å². The van der Waals surface area contributed by atoms with E-state index in [2.05, 4.69) is 15.6 Å². The van der Waals surface area contributed by atoms with Crippen molar-refractivity contribution in [3.05, 3.63) is 89.2 Å². The first-order valence-electron chi connectivity index (χ1n) is 9.25. The summed E-state index contributed by atoms with van der Waals surface area (Å²) in [6.45, 7) is 3.50. The molecule has 2 amide bonds. The molecule has 0 spiro atoms. The molecule has 0 bridgehead atoms. The quantitative estimate of drug-likeness (QED) is 0.616. The fraction of sp³-hybridized carbons (Fsp3) is 0.130. The van der Waals surface area contributed by atoms with Crippen LogP contribution in [0.15, 0.2) is 66.9 Å². The predicted molar refractivity (Wildman–Crippen MR) is 112 cm³/mol. The second kappa shape index (κ2) is 8.93. The van der Waals surface area contributed by atoms with Gasteiger partial charge in [-0.25, -0.2) is 0 Å². The van der Waals surface area contributed by atoms with Crippen molar-refractivity contribution in [1.82, 2.24) is 4.98 Å². The van der Waals surface area contributed by atoms with Gasteiger partial charge in [0.2, 0.25) is 0 Å². The highest BCUT2D eigenvalue weighted by Gasteiger charge is 2.13. The zero-order chi connectivity index (χ0) is 20.8. The highest BCUT2D eigenvalue weighted by Crippen LogP contribution is 2.17. The molecule has 146 valence electrons. The van der Waals surface area contributed by atoms with Crippen LogP contribution in [0.2, 0.25) is 0 Å². The average molecular weight is 387 g/mol. The van der Waals surface area contributed by atoms with Crippen LogP contribution in [0.25, 0.3) is 0 Å². The molecule has 2 aromatic carbocycles. The summed E-state index contributed by atoms with van der Waals surface area (Å²) in [5.74, 6) is -0.801. The summed E-state index contributed by atoms with van der Waals surface area (Å²) >= 11 is 0. The molecular formula is C23H21N3O3. The van der Waals surface area contributed by atoms with Crippen molar-refractivity contribution in [3.8, 4) is 0 Å². The number of carbonyl (C=O) groups is 3. The number of aromatic nitrogens is 1. The third-order valence-electron chi connectivity index (χ3n) is 4.45. The number of carbonyl (C=O) groups excluding carboxylic acids is 3. The van der Waals surface area contributed by atoms with E-state index in [-0.39, 0.29) is 17.4 Å². The van der Waals surface area contributed by atoms with Crippen LogP contribution < -0.4 is 10.6 Å². The van der Waals surface area contributed by atoms with Crippen molar-refractivity contribution >= 4 is 29.0 Å². The molecule has 29 heavy (non-hydrogen) atoms. The fourth-order valence-electron chi connectivity index (χ4n) is 2.82. The summed E-state index contributed by atoms with van der Waals surface area (Å²) in [4.78, 5) is 40.5. The van der Waals surface area contributed by atoms with Crippen molar-refractivity contribution in [2.45, 2.75) is 20.3 Å². The minimum absolute atomic E-state index is 0.0482. The van der Waals surface area contributed by atoms with E-state index in [0.29, 0.717) is 16.8 Å². The second-order valence-corrected chi connectivity index (χ2v) is 6.48. The molecule has 6 nitrogen and oxygen atoms in total. The van der Waals surface area contributed by atoms with Crippen LogP contribution in [0.1, 0.15) is 50.6 Å². The Labute approximate surface area is 169 Å². The van der Waals surface area contributed by atoms with E-state index >= 15 is 0 Å². The van der Waals surface area contributed by atoms with Gasteiger partial charge in [-0.1, -0.05) is 25.1 Å². The number of amides is 2. The fourth-order valence-corrected chi connectivity index (χ4v) is 2.82. The Morgan fingerprint density at radius 1 is 0.862 bits per heavy atom. The number of para-hydroxylation sites is 1. The maximum atomic E-state index is 12.6. The topological polar surface area (TPSA) is 88.2 Å². The maximum absolute atomic E-state index is 12.6. The van der Waals surface area contributed by atoms with Gasteiger partial charge >= 0.3 is 0 Å². The van der Waals surface area contributed by atoms with Gasteiger partial charge in [-0.05, 0) is 61.4 Å². The molecule has 0 radical (unpaired) electrons. The molecule has 0 aliphatic heterocycles. The van der Waals surface area contributed by atoms with Gasteiger partial charge in [0.15, 0.2) is 5.78 Å². The van der Waals surface area contributed by atoms with Gasteiger partial charge in [0.25, 0.3) is 11.8 Å². The summed E-state index contributed by atoms with van der Waals surface area (Å²) in [5.41, 5.74) is 3.33. The Kier molecular flexibility index (Phi) is 6.14. The lowest BCUT2D eigenvalue weighted by molar-refractivity contribution is 0.101. The molecule has 2 N–H and O–H groups in total. The molecule has 1 aromatic heterocycles. The molecule has 0 aliphatic carbocycles.